The van der Waals surface area contributed by atoms with Crippen LogP contribution in [-0.4, -0.2) is 24.7 Å². The largest absolute Gasteiger partial charge is 0.493 e. The number of ether oxygens (including phenoxy) is 3. The van der Waals surface area contributed by atoms with Crippen molar-refractivity contribution in [3.63, 3.8) is 0 Å². The summed E-state index contributed by atoms with van der Waals surface area (Å²) >= 11 is 0. The highest BCUT2D eigenvalue weighted by molar-refractivity contribution is 5.87. The molecule has 114 valence electrons. The van der Waals surface area contributed by atoms with Crippen molar-refractivity contribution >= 4 is 12.0 Å². The molecule has 0 saturated heterocycles. The summed E-state index contributed by atoms with van der Waals surface area (Å²) in [4.78, 5) is 15.3. The van der Waals surface area contributed by atoms with Crippen molar-refractivity contribution in [2.75, 3.05) is 13.7 Å². The van der Waals surface area contributed by atoms with Crippen molar-refractivity contribution in [1.29, 1.82) is 0 Å². The Bertz CT molecular complexity index is 653. The van der Waals surface area contributed by atoms with E-state index in [0.29, 0.717) is 23.9 Å². The number of pyridine rings is 1. The fraction of sp³-hybridized carbons (Fsp3) is 0.176. The zero-order chi connectivity index (χ0) is 15.8. The molecule has 2 aromatic rings. The minimum atomic E-state index is -0.378. The monoisotopic (exact) mass is 299 g/mol. The topological polar surface area (TPSA) is 57.7 Å². The fourth-order valence-electron chi connectivity index (χ4n) is 1.76. The summed E-state index contributed by atoms with van der Waals surface area (Å²) < 4.78 is 15.9. The first-order chi connectivity index (χ1) is 10.7. The molecule has 1 heterocycles. The second-order valence-electron chi connectivity index (χ2n) is 4.29. The fourth-order valence-corrected chi connectivity index (χ4v) is 1.76. The molecular formula is C17H17NO4. The van der Waals surface area contributed by atoms with Gasteiger partial charge in [0.15, 0.2) is 11.5 Å². The predicted octanol–water partition coefficient (Wildman–Crippen LogP) is 3.46. The number of carbonyl (C=O) groups is 1. The van der Waals surface area contributed by atoms with Gasteiger partial charge in [0.05, 0.1) is 19.9 Å². The standard InChI is InChI=1S/C17H17NO4/c1-3-21-17(19)9-7-13-6-8-15(16(11-13)20-2)22-14-5-4-10-18-12-14/h4-12H,3H2,1-2H3/b9-7+. The molecule has 0 aliphatic rings. The summed E-state index contributed by atoms with van der Waals surface area (Å²) in [7, 11) is 1.56. The number of aromatic nitrogens is 1. The highest BCUT2D eigenvalue weighted by Crippen LogP contribution is 2.32. The van der Waals surface area contributed by atoms with Crippen LogP contribution in [-0.2, 0) is 9.53 Å². The maximum Gasteiger partial charge on any atom is 0.330 e. The second-order valence-corrected chi connectivity index (χ2v) is 4.29. The van der Waals surface area contributed by atoms with Gasteiger partial charge in [-0.05, 0) is 42.8 Å². The molecule has 2 rings (SSSR count). The van der Waals surface area contributed by atoms with Gasteiger partial charge in [-0.3, -0.25) is 4.98 Å². The predicted molar refractivity (Wildman–Crippen MR) is 83.0 cm³/mol. The number of methoxy groups -OCH3 is 1. The Morgan fingerprint density at radius 2 is 2.14 bits per heavy atom. The van der Waals surface area contributed by atoms with Gasteiger partial charge in [-0.1, -0.05) is 6.07 Å². The Hall–Kier alpha value is -2.82. The lowest BCUT2D eigenvalue weighted by Crippen LogP contribution is -1.98. The van der Waals surface area contributed by atoms with Crippen molar-refractivity contribution in [3.8, 4) is 17.2 Å². The van der Waals surface area contributed by atoms with Crippen molar-refractivity contribution in [1.82, 2.24) is 4.98 Å². The summed E-state index contributed by atoms with van der Waals surface area (Å²) in [5.41, 5.74) is 0.809. The maximum atomic E-state index is 11.3. The molecule has 0 N–H and O–H groups in total. The number of benzene rings is 1. The molecule has 5 nitrogen and oxygen atoms in total. The smallest absolute Gasteiger partial charge is 0.330 e. The number of rotatable bonds is 6. The SMILES string of the molecule is CCOC(=O)/C=C/c1ccc(Oc2cccnc2)c(OC)c1. The van der Waals surface area contributed by atoms with Crippen LogP contribution < -0.4 is 9.47 Å². The van der Waals surface area contributed by atoms with E-state index in [0.717, 1.165) is 5.56 Å². The van der Waals surface area contributed by atoms with Crippen LogP contribution in [0.25, 0.3) is 6.08 Å². The Kier molecular flexibility index (Phi) is 5.54. The summed E-state index contributed by atoms with van der Waals surface area (Å²) in [5, 5.41) is 0. The number of carbonyl (C=O) groups excluding carboxylic acids is 1. The molecule has 0 saturated carbocycles. The summed E-state index contributed by atoms with van der Waals surface area (Å²) in [6.45, 7) is 2.11. The Morgan fingerprint density at radius 3 is 2.82 bits per heavy atom. The van der Waals surface area contributed by atoms with E-state index in [4.69, 9.17) is 14.2 Å². The van der Waals surface area contributed by atoms with Crippen LogP contribution >= 0.6 is 0 Å². The zero-order valence-electron chi connectivity index (χ0n) is 12.5. The van der Waals surface area contributed by atoms with Crippen LogP contribution in [0.15, 0.2) is 48.8 Å². The van der Waals surface area contributed by atoms with E-state index in [9.17, 15) is 4.79 Å². The van der Waals surface area contributed by atoms with Crippen molar-refractivity contribution < 1.29 is 19.0 Å². The van der Waals surface area contributed by atoms with Gasteiger partial charge in [0, 0.05) is 12.3 Å². The molecule has 0 aliphatic carbocycles. The molecule has 22 heavy (non-hydrogen) atoms. The van der Waals surface area contributed by atoms with Gasteiger partial charge in [0.25, 0.3) is 0 Å². The molecule has 5 heteroatoms. The first-order valence-corrected chi connectivity index (χ1v) is 6.83. The highest BCUT2D eigenvalue weighted by Gasteiger charge is 2.06. The van der Waals surface area contributed by atoms with Crippen molar-refractivity contribution in [2.45, 2.75) is 6.92 Å². The van der Waals surface area contributed by atoms with E-state index in [1.807, 2.05) is 6.07 Å². The average molecular weight is 299 g/mol. The van der Waals surface area contributed by atoms with Gasteiger partial charge in [0.1, 0.15) is 5.75 Å². The number of hydrogen-bond acceptors (Lipinski definition) is 5. The normalized spacial score (nSPS) is 10.5. The van der Waals surface area contributed by atoms with Crippen LogP contribution in [0.4, 0.5) is 0 Å². The first-order valence-electron chi connectivity index (χ1n) is 6.83. The van der Waals surface area contributed by atoms with Crippen LogP contribution in [0.2, 0.25) is 0 Å². The molecule has 0 aliphatic heterocycles. The first kappa shape index (κ1) is 15.6. The zero-order valence-corrected chi connectivity index (χ0v) is 12.5. The molecule has 0 atom stereocenters. The van der Waals surface area contributed by atoms with E-state index >= 15 is 0 Å². The number of esters is 1. The lowest BCUT2D eigenvalue weighted by Gasteiger charge is -2.10. The van der Waals surface area contributed by atoms with Crippen molar-refractivity contribution in [2.24, 2.45) is 0 Å². The third kappa shape index (κ3) is 4.34. The van der Waals surface area contributed by atoms with E-state index in [1.54, 1.807) is 56.8 Å². The summed E-state index contributed by atoms with van der Waals surface area (Å²) in [6.07, 6.45) is 6.33. The van der Waals surface area contributed by atoms with E-state index in [-0.39, 0.29) is 5.97 Å². The van der Waals surface area contributed by atoms with Crippen LogP contribution in [0.5, 0.6) is 17.2 Å². The third-order valence-corrected chi connectivity index (χ3v) is 2.75. The van der Waals surface area contributed by atoms with Gasteiger partial charge in [-0.15, -0.1) is 0 Å². The molecular weight excluding hydrogens is 282 g/mol. The number of hydrogen-bond donors (Lipinski definition) is 0. The lowest BCUT2D eigenvalue weighted by molar-refractivity contribution is -0.137. The summed E-state index contributed by atoms with van der Waals surface area (Å²) in [6, 6.07) is 8.97. The Morgan fingerprint density at radius 1 is 1.27 bits per heavy atom. The minimum absolute atomic E-state index is 0.352. The van der Waals surface area contributed by atoms with Gasteiger partial charge in [-0.2, -0.15) is 0 Å². The Balaban J connectivity index is 2.15. The molecule has 0 unspecified atom stereocenters. The molecule has 1 aromatic carbocycles. The Labute approximate surface area is 129 Å². The van der Waals surface area contributed by atoms with E-state index < -0.39 is 0 Å². The molecule has 0 spiro atoms. The quantitative estimate of drug-likeness (QED) is 0.604. The van der Waals surface area contributed by atoms with Crippen LogP contribution in [0.1, 0.15) is 12.5 Å². The van der Waals surface area contributed by atoms with Crippen LogP contribution in [0, 0.1) is 0 Å². The maximum absolute atomic E-state index is 11.3. The van der Waals surface area contributed by atoms with Gasteiger partial charge < -0.3 is 14.2 Å². The lowest BCUT2D eigenvalue weighted by atomic mass is 10.2. The van der Waals surface area contributed by atoms with Crippen LogP contribution in [0.3, 0.4) is 0 Å². The highest BCUT2D eigenvalue weighted by atomic mass is 16.5. The van der Waals surface area contributed by atoms with Gasteiger partial charge >= 0.3 is 5.97 Å². The molecule has 0 fully saturated rings. The summed E-state index contributed by atoms with van der Waals surface area (Å²) in [5.74, 6) is 1.38. The minimum Gasteiger partial charge on any atom is -0.493 e. The second kappa shape index (κ2) is 7.83. The van der Waals surface area contributed by atoms with E-state index in [2.05, 4.69) is 4.98 Å². The third-order valence-electron chi connectivity index (χ3n) is 2.75. The van der Waals surface area contributed by atoms with Gasteiger partial charge in [0.2, 0.25) is 0 Å². The average Bonchev–Trinajstić information content (AvgIpc) is 2.55. The molecule has 0 amide bonds. The molecule has 0 bridgehead atoms. The van der Waals surface area contributed by atoms with Gasteiger partial charge in [-0.25, -0.2) is 4.79 Å². The molecule has 0 radical (unpaired) electrons. The van der Waals surface area contributed by atoms with Crippen molar-refractivity contribution in [3.05, 3.63) is 54.4 Å². The molecule has 1 aromatic heterocycles. The van der Waals surface area contributed by atoms with E-state index in [1.165, 1.54) is 6.08 Å². The number of nitrogens with zero attached hydrogens (tertiary/aromatic N) is 1.